The Hall–Kier alpha value is -4.45. The zero-order valence-electron chi connectivity index (χ0n) is 20.6. The van der Waals surface area contributed by atoms with Crippen molar-refractivity contribution in [2.75, 3.05) is 11.9 Å². The topological polar surface area (TPSA) is 69.0 Å². The van der Waals surface area contributed by atoms with Gasteiger partial charge < -0.3 is 10.1 Å². The van der Waals surface area contributed by atoms with E-state index in [2.05, 4.69) is 42.2 Å². The number of fused-ring (bicyclic) bond motifs is 1. The molecule has 6 nitrogen and oxygen atoms in total. The largest absolute Gasteiger partial charge is 0.462 e. The lowest BCUT2D eigenvalue weighted by molar-refractivity contribution is 0.102. The van der Waals surface area contributed by atoms with E-state index in [0.29, 0.717) is 35.6 Å². The number of benzene rings is 4. The van der Waals surface area contributed by atoms with E-state index < -0.39 is 0 Å². The molecule has 4 aromatic carbocycles. The zero-order valence-corrected chi connectivity index (χ0v) is 20.6. The predicted octanol–water partition coefficient (Wildman–Crippen LogP) is 6.68. The first-order chi connectivity index (χ1) is 17.5. The Morgan fingerprint density at radius 3 is 2.42 bits per heavy atom. The third-order valence-electron chi connectivity index (χ3n) is 5.92. The average Bonchev–Trinajstić information content (AvgIpc) is 3.32. The summed E-state index contributed by atoms with van der Waals surface area (Å²) in [6.45, 7) is 6.76. The summed E-state index contributed by atoms with van der Waals surface area (Å²) >= 11 is 0. The van der Waals surface area contributed by atoms with Crippen LogP contribution in [-0.2, 0) is 0 Å². The second-order valence-corrected chi connectivity index (χ2v) is 9.18. The molecule has 0 atom stereocenters. The first kappa shape index (κ1) is 23.3. The number of anilines is 1. The monoisotopic (exact) mass is 476 g/mol. The van der Waals surface area contributed by atoms with Crippen LogP contribution in [0.5, 0.6) is 6.01 Å². The number of ether oxygens (including phenoxy) is 1. The number of hydrogen-bond acceptors (Lipinski definition) is 4. The number of amides is 1. The van der Waals surface area contributed by atoms with E-state index in [4.69, 9.17) is 4.74 Å². The van der Waals surface area contributed by atoms with Gasteiger partial charge in [0, 0.05) is 16.8 Å². The molecule has 6 heteroatoms. The minimum Gasteiger partial charge on any atom is -0.462 e. The SMILES string of the molecule is Cc1ccccc1-c1nc(OCC(C)C)nn1-c1ccc(NC(=O)c2cccc3ccccc23)cc1. The smallest absolute Gasteiger partial charge is 0.336 e. The molecule has 0 aliphatic carbocycles. The fourth-order valence-corrected chi connectivity index (χ4v) is 4.08. The van der Waals surface area contributed by atoms with Crippen LogP contribution in [-0.4, -0.2) is 27.3 Å². The van der Waals surface area contributed by atoms with Crippen LogP contribution in [0.2, 0.25) is 0 Å². The summed E-state index contributed by atoms with van der Waals surface area (Å²) in [5.41, 5.74) is 4.24. The van der Waals surface area contributed by atoms with Crippen molar-refractivity contribution in [3.05, 3.63) is 102 Å². The maximum Gasteiger partial charge on any atom is 0.336 e. The molecular weight excluding hydrogens is 448 g/mol. The summed E-state index contributed by atoms with van der Waals surface area (Å²) in [6, 6.07) is 29.6. The quantitative estimate of drug-likeness (QED) is 0.284. The first-order valence-corrected chi connectivity index (χ1v) is 12.0. The lowest BCUT2D eigenvalue weighted by atomic mass is 10.0. The second kappa shape index (κ2) is 10.0. The number of aromatic nitrogens is 3. The average molecular weight is 477 g/mol. The number of rotatable bonds is 7. The highest BCUT2D eigenvalue weighted by Gasteiger charge is 2.17. The van der Waals surface area contributed by atoms with Gasteiger partial charge in [0.25, 0.3) is 5.91 Å². The molecule has 36 heavy (non-hydrogen) atoms. The van der Waals surface area contributed by atoms with Gasteiger partial charge in [-0.2, -0.15) is 4.98 Å². The van der Waals surface area contributed by atoms with Crippen LogP contribution >= 0.6 is 0 Å². The van der Waals surface area contributed by atoms with Crippen molar-refractivity contribution in [1.82, 2.24) is 14.8 Å². The number of nitrogens with zero attached hydrogens (tertiary/aromatic N) is 3. The highest BCUT2D eigenvalue weighted by atomic mass is 16.5. The molecule has 0 unspecified atom stereocenters. The zero-order chi connectivity index (χ0) is 25.1. The summed E-state index contributed by atoms with van der Waals surface area (Å²) in [4.78, 5) is 17.7. The normalized spacial score (nSPS) is 11.1. The van der Waals surface area contributed by atoms with E-state index in [0.717, 1.165) is 27.6 Å². The fourth-order valence-electron chi connectivity index (χ4n) is 4.08. The summed E-state index contributed by atoms with van der Waals surface area (Å²) in [6.07, 6.45) is 0. The van der Waals surface area contributed by atoms with Crippen LogP contribution in [0.25, 0.3) is 27.8 Å². The lowest BCUT2D eigenvalue weighted by Gasteiger charge is -2.10. The molecule has 0 aliphatic rings. The van der Waals surface area contributed by atoms with Gasteiger partial charge in [-0.1, -0.05) is 74.5 Å². The van der Waals surface area contributed by atoms with Crippen LogP contribution in [0.4, 0.5) is 5.69 Å². The van der Waals surface area contributed by atoms with Gasteiger partial charge in [-0.25, -0.2) is 4.68 Å². The fraction of sp³-hybridized carbons (Fsp3) is 0.167. The van der Waals surface area contributed by atoms with Crippen molar-refractivity contribution in [2.45, 2.75) is 20.8 Å². The molecule has 180 valence electrons. The second-order valence-electron chi connectivity index (χ2n) is 9.18. The lowest BCUT2D eigenvalue weighted by Crippen LogP contribution is -2.12. The maximum atomic E-state index is 13.0. The Bertz CT molecular complexity index is 1510. The molecule has 0 radical (unpaired) electrons. The summed E-state index contributed by atoms with van der Waals surface area (Å²) < 4.78 is 7.62. The van der Waals surface area contributed by atoms with Gasteiger partial charge in [0.1, 0.15) is 0 Å². The van der Waals surface area contributed by atoms with Gasteiger partial charge in [-0.3, -0.25) is 4.79 Å². The highest BCUT2D eigenvalue weighted by molar-refractivity contribution is 6.12. The van der Waals surface area contributed by atoms with E-state index in [1.54, 1.807) is 4.68 Å². The molecule has 1 amide bonds. The maximum absolute atomic E-state index is 13.0. The Morgan fingerprint density at radius 2 is 1.64 bits per heavy atom. The van der Waals surface area contributed by atoms with Crippen molar-refractivity contribution in [3.63, 3.8) is 0 Å². The van der Waals surface area contributed by atoms with Gasteiger partial charge in [-0.15, -0.1) is 5.10 Å². The molecule has 1 aromatic heterocycles. The highest BCUT2D eigenvalue weighted by Crippen LogP contribution is 2.27. The number of hydrogen-bond donors (Lipinski definition) is 1. The molecule has 5 rings (SSSR count). The van der Waals surface area contributed by atoms with Crippen molar-refractivity contribution >= 4 is 22.4 Å². The Kier molecular flexibility index (Phi) is 6.50. The summed E-state index contributed by atoms with van der Waals surface area (Å²) in [7, 11) is 0. The number of nitrogens with one attached hydrogen (secondary N) is 1. The van der Waals surface area contributed by atoms with Gasteiger partial charge >= 0.3 is 6.01 Å². The summed E-state index contributed by atoms with van der Waals surface area (Å²) in [5, 5.41) is 9.61. The molecular formula is C30H28N4O2. The van der Waals surface area contributed by atoms with Crippen LogP contribution in [0.1, 0.15) is 29.8 Å². The van der Waals surface area contributed by atoms with E-state index in [1.165, 1.54) is 0 Å². The Morgan fingerprint density at radius 1 is 0.917 bits per heavy atom. The number of carbonyl (C=O) groups is 1. The standard InChI is InChI=1S/C30H28N4O2/c1-20(2)19-36-30-32-28(25-12-6-4-9-21(25)3)34(33-30)24-17-15-23(16-18-24)31-29(35)27-14-8-11-22-10-5-7-13-26(22)27/h4-18,20H,19H2,1-3H3,(H,31,35). The van der Waals surface area contributed by atoms with Gasteiger partial charge in [0.05, 0.1) is 12.3 Å². The molecule has 0 fully saturated rings. The summed E-state index contributed by atoms with van der Waals surface area (Å²) in [5.74, 6) is 0.924. The Balaban J connectivity index is 1.43. The van der Waals surface area contributed by atoms with E-state index in [9.17, 15) is 4.79 Å². The van der Waals surface area contributed by atoms with Crippen molar-refractivity contribution in [2.24, 2.45) is 5.92 Å². The van der Waals surface area contributed by atoms with Crippen molar-refractivity contribution in [3.8, 4) is 23.1 Å². The van der Waals surface area contributed by atoms with Gasteiger partial charge in [-0.05, 0) is 59.5 Å². The van der Waals surface area contributed by atoms with Crippen molar-refractivity contribution < 1.29 is 9.53 Å². The Labute approximate surface area is 210 Å². The van der Waals surface area contributed by atoms with E-state index in [-0.39, 0.29) is 5.91 Å². The number of carbonyl (C=O) groups excluding carboxylic acids is 1. The predicted molar refractivity (Wildman–Crippen MR) is 144 cm³/mol. The van der Waals surface area contributed by atoms with Gasteiger partial charge in [0.15, 0.2) is 5.82 Å². The third-order valence-corrected chi connectivity index (χ3v) is 5.92. The number of aryl methyl sites for hydroxylation is 1. The van der Waals surface area contributed by atoms with Crippen LogP contribution in [0.15, 0.2) is 91.0 Å². The minimum absolute atomic E-state index is 0.148. The molecule has 0 bridgehead atoms. The van der Waals surface area contributed by atoms with Gasteiger partial charge in [0.2, 0.25) is 0 Å². The van der Waals surface area contributed by atoms with Crippen LogP contribution in [0.3, 0.4) is 0 Å². The molecule has 0 saturated heterocycles. The van der Waals surface area contributed by atoms with Crippen molar-refractivity contribution in [1.29, 1.82) is 0 Å². The molecule has 0 saturated carbocycles. The van der Waals surface area contributed by atoms with E-state index >= 15 is 0 Å². The molecule has 0 spiro atoms. The minimum atomic E-state index is -0.148. The molecule has 1 N–H and O–H groups in total. The molecule has 5 aromatic rings. The van der Waals surface area contributed by atoms with Crippen LogP contribution < -0.4 is 10.1 Å². The molecule has 1 heterocycles. The first-order valence-electron chi connectivity index (χ1n) is 12.0. The van der Waals surface area contributed by atoms with E-state index in [1.807, 2.05) is 84.9 Å². The van der Waals surface area contributed by atoms with Crippen LogP contribution in [0, 0.1) is 12.8 Å². The third kappa shape index (κ3) is 4.84. The molecule has 0 aliphatic heterocycles.